The van der Waals surface area contributed by atoms with Crippen LogP contribution in [0.1, 0.15) is 30.4 Å². The average molecular weight is 267 g/mol. The summed E-state index contributed by atoms with van der Waals surface area (Å²) < 4.78 is 34.9. The Hall–Kier alpha value is -1.17. The Balaban J connectivity index is 1.87. The van der Waals surface area contributed by atoms with Gasteiger partial charge >= 0.3 is 0 Å². The predicted molar refractivity (Wildman–Crippen MR) is 67.6 cm³/mol. The fourth-order valence-electron chi connectivity index (χ4n) is 2.15. The maximum absolute atomic E-state index is 10.3. The summed E-state index contributed by atoms with van der Waals surface area (Å²) in [6, 6.07) is 8.23. The number of allylic oxidation sites excluding steroid dienone is 1. The van der Waals surface area contributed by atoms with Crippen molar-refractivity contribution in [2.75, 3.05) is 6.61 Å². The van der Waals surface area contributed by atoms with Crippen LogP contribution in [0.5, 0.6) is 0 Å². The highest BCUT2D eigenvalue weighted by Crippen LogP contribution is 2.26. The van der Waals surface area contributed by atoms with Gasteiger partial charge < -0.3 is 4.55 Å². The lowest BCUT2D eigenvalue weighted by Gasteiger charge is -2.16. The van der Waals surface area contributed by atoms with Gasteiger partial charge in [-0.15, -0.1) is 0 Å². The Kier molecular flexibility index (Phi) is 4.16. The molecule has 0 saturated heterocycles. The summed E-state index contributed by atoms with van der Waals surface area (Å²) in [5.74, 6) is 0. The van der Waals surface area contributed by atoms with Crippen molar-refractivity contribution in [1.29, 1.82) is 0 Å². The summed E-state index contributed by atoms with van der Waals surface area (Å²) in [4.78, 5) is 0. The zero-order valence-electron chi connectivity index (χ0n) is 9.96. The SMILES string of the molecule is O=S(=O)([O-])OCCCC1=Cc2ccccc2CC1. The second-order valence-electron chi connectivity index (χ2n) is 4.34. The zero-order valence-corrected chi connectivity index (χ0v) is 10.8. The van der Waals surface area contributed by atoms with E-state index in [-0.39, 0.29) is 6.61 Å². The lowest BCUT2D eigenvalue weighted by Crippen LogP contribution is -2.06. The third-order valence-electron chi connectivity index (χ3n) is 3.00. The molecule has 2 rings (SSSR count). The monoisotopic (exact) mass is 267 g/mol. The Morgan fingerprint density at radius 1 is 1.22 bits per heavy atom. The summed E-state index contributed by atoms with van der Waals surface area (Å²) in [5.41, 5.74) is 3.86. The fraction of sp³-hybridized carbons (Fsp3) is 0.385. The van der Waals surface area contributed by atoms with Crippen molar-refractivity contribution in [2.24, 2.45) is 0 Å². The quantitative estimate of drug-likeness (QED) is 0.466. The standard InChI is InChI=1S/C13H16O4S/c14-18(15,16)17-9-3-4-11-7-8-12-5-1-2-6-13(12)10-11/h1-2,5-6,10H,3-4,7-9H2,(H,14,15,16)/p-1. The normalized spacial score (nSPS) is 15.1. The highest BCUT2D eigenvalue weighted by Gasteiger charge is 2.09. The van der Waals surface area contributed by atoms with Gasteiger partial charge in [0, 0.05) is 0 Å². The molecule has 1 aromatic carbocycles. The van der Waals surface area contributed by atoms with Crippen LogP contribution in [-0.2, 0) is 21.0 Å². The lowest BCUT2D eigenvalue weighted by molar-refractivity contribution is 0.258. The lowest BCUT2D eigenvalue weighted by atomic mass is 9.90. The summed E-state index contributed by atoms with van der Waals surface area (Å²) >= 11 is 0. The maximum Gasteiger partial charge on any atom is 0.217 e. The number of rotatable bonds is 5. The molecule has 5 heteroatoms. The third kappa shape index (κ3) is 3.94. The number of hydrogen-bond donors (Lipinski definition) is 0. The minimum Gasteiger partial charge on any atom is -0.726 e. The second-order valence-corrected chi connectivity index (χ2v) is 5.39. The number of fused-ring (bicyclic) bond motifs is 1. The van der Waals surface area contributed by atoms with E-state index in [1.807, 2.05) is 12.1 Å². The van der Waals surface area contributed by atoms with Crippen molar-refractivity contribution in [1.82, 2.24) is 0 Å². The van der Waals surface area contributed by atoms with Crippen LogP contribution in [0.2, 0.25) is 0 Å². The minimum atomic E-state index is -4.55. The Morgan fingerprint density at radius 2 is 2.00 bits per heavy atom. The summed E-state index contributed by atoms with van der Waals surface area (Å²) in [6.07, 6.45) is 5.47. The summed E-state index contributed by atoms with van der Waals surface area (Å²) in [5, 5.41) is 0. The van der Waals surface area contributed by atoms with Crippen LogP contribution in [0.25, 0.3) is 6.08 Å². The largest absolute Gasteiger partial charge is 0.726 e. The van der Waals surface area contributed by atoms with Gasteiger partial charge in [-0.1, -0.05) is 35.9 Å². The van der Waals surface area contributed by atoms with Crippen molar-refractivity contribution < 1.29 is 17.2 Å². The molecule has 0 radical (unpaired) electrons. The van der Waals surface area contributed by atoms with E-state index in [1.54, 1.807) is 0 Å². The van der Waals surface area contributed by atoms with E-state index in [2.05, 4.69) is 22.4 Å². The van der Waals surface area contributed by atoms with Gasteiger partial charge in [-0.05, 0) is 36.8 Å². The smallest absolute Gasteiger partial charge is 0.217 e. The molecule has 0 unspecified atom stereocenters. The van der Waals surface area contributed by atoms with E-state index in [0.29, 0.717) is 6.42 Å². The average Bonchev–Trinajstić information content (AvgIpc) is 2.33. The van der Waals surface area contributed by atoms with Crippen LogP contribution in [-0.4, -0.2) is 19.6 Å². The first-order valence-electron chi connectivity index (χ1n) is 5.92. The highest BCUT2D eigenvalue weighted by atomic mass is 32.3. The minimum absolute atomic E-state index is 0.0369. The van der Waals surface area contributed by atoms with Crippen LogP contribution >= 0.6 is 0 Å². The summed E-state index contributed by atoms with van der Waals surface area (Å²) in [6.45, 7) is -0.0369. The zero-order chi connectivity index (χ0) is 13.0. The molecule has 0 aromatic heterocycles. The number of benzene rings is 1. The predicted octanol–water partition coefficient (Wildman–Crippen LogP) is 2.27. The summed E-state index contributed by atoms with van der Waals surface area (Å²) in [7, 11) is -4.55. The van der Waals surface area contributed by atoms with Gasteiger partial charge in [-0.2, -0.15) is 0 Å². The van der Waals surface area contributed by atoms with E-state index in [1.165, 1.54) is 16.7 Å². The molecule has 0 amide bonds. The van der Waals surface area contributed by atoms with Crippen molar-refractivity contribution in [3.05, 3.63) is 41.0 Å². The van der Waals surface area contributed by atoms with E-state index < -0.39 is 10.4 Å². The molecule has 1 aliphatic carbocycles. The van der Waals surface area contributed by atoms with Gasteiger partial charge in [0.1, 0.15) is 0 Å². The first-order chi connectivity index (χ1) is 8.54. The molecule has 0 heterocycles. The molecule has 0 bridgehead atoms. The molecule has 1 aliphatic rings. The molecule has 1 aromatic rings. The van der Waals surface area contributed by atoms with Gasteiger partial charge in [0.15, 0.2) is 0 Å². The van der Waals surface area contributed by atoms with Crippen molar-refractivity contribution in [2.45, 2.75) is 25.7 Å². The molecule has 0 atom stereocenters. The Labute approximate surface area is 107 Å². The Bertz CT molecular complexity index is 546. The van der Waals surface area contributed by atoms with Gasteiger partial charge in [-0.25, -0.2) is 8.42 Å². The maximum atomic E-state index is 10.3. The van der Waals surface area contributed by atoms with Crippen LogP contribution in [0.4, 0.5) is 0 Å². The van der Waals surface area contributed by atoms with Crippen LogP contribution in [0, 0.1) is 0 Å². The van der Waals surface area contributed by atoms with Crippen LogP contribution in [0.3, 0.4) is 0 Å². The molecular formula is C13H15O4S-. The molecule has 0 saturated carbocycles. The Morgan fingerprint density at radius 3 is 2.78 bits per heavy atom. The van der Waals surface area contributed by atoms with Gasteiger partial charge in [0.25, 0.3) is 0 Å². The molecule has 18 heavy (non-hydrogen) atoms. The van der Waals surface area contributed by atoms with Gasteiger partial charge in [0.2, 0.25) is 10.4 Å². The molecule has 0 N–H and O–H groups in total. The van der Waals surface area contributed by atoms with Crippen molar-refractivity contribution in [3.63, 3.8) is 0 Å². The van der Waals surface area contributed by atoms with E-state index in [4.69, 9.17) is 0 Å². The molecule has 0 fully saturated rings. The highest BCUT2D eigenvalue weighted by molar-refractivity contribution is 7.80. The third-order valence-corrected chi connectivity index (χ3v) is 3.46. The molecule has 0 spiro atoms. The number of aryl methyl sites for hydroxylation is 1. The first kappa shape index (κ1) is 13.3. The van der Waals surface area contributed by atoms with Crippen molar-refractivity contribution in [3.8, 4) is 0 Å². The molecule has 98 valence electrons. The topological polar surface area (TPSA) is 66.4 Å². The fourth-order valence-corrected chi connectivity index (χ4v) is 2.47. The molecule has 0 aliphatic heterocycles. The van der Waals surface area contributed by atoms with Crippen LogP contribution < -0.4 is 0 Å². The van der Waals surface area contributed by atoms with Crippen LogP contribution in [0.15, 0.2) is 29.8 Å². The van der Waals surface area contributed by atoms with Gasteiger partial charge in [0.05, 0.1) is 6.61 Å². The van der Waals surface area contributed by atoms with Gasteiger partial charge in [-0.3, -0.25) is 4.18 Å². The second kappa shape index (κ2) is 5.65. The van der Waals surface area contributed by atoms with E-state index in [9.17, 15) is 13.0 Å². The molecule has 4 nitrogen and oxygen atoms in total. The van der Waals surface area contributed by atoms with E-state index >= 15 is 0 Å². The van der Waals surface area contributed by atoms with E-state index in [0.717, 1.165) is 19.3 Å². The van der Waals surface area contributed by atoms with Crippen molar-refractivity contribution >= 4 is 16.5 Å². The first-order valence-corrected chi connectivity index (χ1v) is 7.25. The molecular weight excluding hydrogens is 252 g/mol. The number of hydrogen-bond acceptors (Lipinski definition) is 4.